The molecule has 0 spiro atoms. The van der Waals surface area contributed by atoms with Crippen molar-refractivity contribution in [1.82, 2.24) is 0 Å². The summed E-state index contributed by atoms with van der Waals surface area (Å²) in [5.41, 5.74) is 0. The fraction of sp³-hybridized carbons (Fsp3) is 0.714. The van der Waals surface area contributed by atoms with E-state index in [9.17, 15) is 0 Å². The van der Waals surface area contributed by atoms with Gasteiger partial charge in [0.25, 0.3) is 0 Å². The first-order chi connectivity index (χ1) is 4.54. The van der Waals surface area contributed by atoms with E-state index in [2.05, 4.69) is 6.58 Å². The third-order valence-electron chi connectivity index (χ3n) is 0.802. The maximum atomic E-state index is 8.36. The minimum Gasteiger partial charge on any atom is -0.393 e. The van der Waals surface area contributed by atoms with Gasteiger partial charge in [0.05, 0.1) is 6.10 Å². The Morgan fingerprint density at radius 3 is 1.60 bits per heavy atom. The standard InChI is InChI=1S/C4H10O.C3H6O2/c1-3-4(2)5;1-2-3(4)5/h4-5H,3H2,1-2H3;2-5H,1H2/t4-;/m0./s1. The summed E-state index contributed by atoms with van der Waals surface area (Å²) in [6.45, 7) is 6.79. The number of hydrogen-bond donors (Lipinski definition) is 3. The molecule has 0 aromatic heterocycles. The highest BCUT2D eigenvalue weighted by Gasteiger charge is 1.81. The van der Waals surface area contributed by atoms with Crippen molar-refractivity contribution < 1.29 is 15.3 Å². The van der Waals surface area contributed by atoms with Crippen LogP contribution in [0.5, 0.6) is 0 Å². The molecule has 0 radical (unpaired) electrons. The van der Waals surface area contributed by atoms with Crippen LogP contribution >= 0.6 is 0 Å². The van der Waals surface area contributed by atoms with Gasteiger partial charge in [-0.2, -0.15) is 0 Å². The highest BCUT2D eigenvalue weighted by molar-refractivity contribution is 4.66. The number of hydrogen-bond acceptors (Lipinski definition) is 3. The van der Waals surface area contributed by atoms with Crippen molar-refractivity contribution in [1.29, 1.82) is 0 Å². The molecule has 0 aromatic rings. The van der Waals surface area contributed by atoms with E-state index < -0.39 is 6.29 Å². The Bertz CT molecular complexity index is 69.3. The van der Waals surface area contributed by atoms with E-state index in [1.807, 2.05) is 6.92 Å². The number of aliphatic hydroxyl groups excluding tert-OH is 2. The first-order valence-corrected chi connectivity index (χ1v) is 3.21. The lowest BCUT2D eigenvalue weighted by Crippen LogP contribution is -1.95. The molecule has 62 valence electrons. The van der Waals surface area contributed by atoms with Gasteiger partial charge in [-0.15, -0.1) is 0 Å². The Hall–Kier alpha value is -0.380. The predicted molar refractivity (Wildman–Crippen MR) is 40.4 cm³/mol. The van der Waals surface area contributed by atoms with Gasteiger partial charge in [0, 0.05) is 0 Å². The van der Waals surface area contributed by atoms with E-state index in [0.717, 1.165) is 12.5 Å². The van der Waals surface area contributed by atoms with Gasteiger partial charge in [-0.05, 0) is 19.4 Å². The van der Waals surface area contributed by atoms with Gasteiger partial charge >= 0.3 is 0 Å². The summed E-state index contributed by atoms with van der Waals surface area (Å²) in [6.07, 6.45) is 0.421. The minimum absolute atomic E-state index is 0.116. The lowest BCUT2D eigenvalue weighted by molar-refractivity contribution is 0.00266. The zero-order chi connectivity index (χ0) is 8.57. The van der Waals surface area contributed by atoms with Gasteiger partial charge in [0.1, 0.15) is 0 Å². The van der Waals surface area contributed by atoms with Crippen LogP contribution in [0.25, 0.3) is 0 Å². The molecule has 0 heterocycles. The smallest absolute Gasteiger partial charge is 0.170 e. The van der Waals surface area contributed by atoms with Crippen molar-refractivity contribution in [2.45, 2.75) is 32.7 Å². The van der Waals surface area contributed by atoms with Crippen LogP contribution in [0, 0.1) is 0 Å². The second kappa shape index (κ2) is 8.62. The van der Waals surface area contributed by atoms with Crippen molar-refractivity contribution in [3.63, 3.8) is 0 Å². The largest absolute Gasteiger partial charge is 0.393 e. The second-order valence-corrected chi connectivity index (χ2v) is 1.91. The van der Waals surface area contributed by atoms with Gasteiger partial charge in [-0.25, -0.2) is 0 Å². The first-order valence-electron chi connectivity index (χ1n) is 3.21. The summed E-state index contributed by atoms with van der Waals surface area (Å²) in [7, 11) is 0. The van der Waals surface area contributed by atoms with Gasteiger partial charge in [0.15, 0.2) is 6.29 Å². The van der Waals surface area contributed by atoms with Crippen molar-refractivity contribution in [3.8, 4) is 0 Å². The van der Waals surface area contributed by atoms with E-state index in [1.54, 1.807) is 6.92 Å². The SMILES string of the molecule is C=CC(O)O.CC[C@H](C)O. The Balaban J connectivity index is 0. The van der Waals surface area contributed by atoms with Crippen LogP contribution < -0.4 is 0 Å². The minimum atomic E-state index is -1.35. The quantitative estimate of drug-likeness (QED) is 0.389. The molecule has 0 aliphatic rings. The molecule has 0 aliphatic heterocycles. The topological polar surface area (TPSA) is 60.7 Å². The fourth-order valence-corrected chi connectivity index (χ4v) is 0. The van der Waals surface area contributed by atoms with Gasteiger partial charge in [-0.3, -0.25) is 0 Å². The molecule has 0 rings (SSSR count). The van der Waals surface area contributed by atoms with E-state index >= 15 is 0 Å². The van der Waals surface area contributed by atoms with Gasteiger partial charge < -0.3 is 15.3 Å². The fourth-order valence-electron chi connectivity index (χ4n) is 0. The zero-order valence-electron chi connectivity index (χ0n) is 6.49. The van der Waals surface area contributed by atoms with Crippen LogP contribution in [0.1, 0.15) is 20.3 Å². The molecule has 1 atom stereocenters. The summed E-state index contributed by atoms with van der Waals surface area (Å²) in [6, 6.07) is 0. The highest BCUT2D eigenvalue weighted by Crippen LogP contribution is 1.81. The second-order valence-electron chi connectivity index (χ2n) is 1.91. The van der Waals surface area contributed by atoms with Crippen LogP contribution in [0.3, 0.4) is 0 Å². The molecule has 10 heavy (non-hydrogen) atoms. The Kier molecular flexibility index (Phi) is 10.6. The summed E-state index contributed by atoms with van der Waals surface area (Å²) >= 11 is 0. The number of rotatable bonds is 2. The van der Waals surface area contributed by atoms with E-state index in [1.165, 1.54) is 0 Å². The summed E-state index contributed by atoms with van der Waals surface area (Å²) in [5.74, 6) is 0. The molecule has 0 fully saturated rings. The van der Waals surface area contributed by atoms with Gasteiger partial charge in [-0.1, -0.05) is 13.5 Å². The Labute approximate surface area is 61.6 Å². The molecule has 3 N–H and O–H groups in total. The van der Waals surface area contributed by atoms with Crippen molar-refractivity contribution in [3.05, 3.63) is 12.7 Å². The van der Waals surface area contributed by atoms with E-state index in [0.29, 0.717) is 0 Å². The number of aliphatic hydroxyl groups is 3. The molecule has 0 aliphatic carbocycles. The van der Waals surface area contributed by atoms with Crippen molar-refractivity contribution in [2.24, 2.45) is 0 Å². The van der Waals surface area contributed by atoms with E-state index in [-0.39, 0.29) is 6.10 Å². The monoisotopic (exact) mass is 148 g/mol. The zero-order valence-corrected chi connectivity index (χ0v) is 6.49. The van der Waals surface area contributed by atoms with Crippen LogP contribution in [0.2, 0.25) is 0 Å². The molecule has 0 bridgehead atoms. The molecule has 0 amide bonds. The highest BCUT2D eigenvalue weighted by atomic mass is 16.5. The lowest BCUT2D eigenvalue weighted by Gasteiger charge is -1.90. The summed E-state index contributed by atoms with van der Waals surface area (Å²) in [4.78, 5) is 0. The van der Waals surface area contributed by atoms with Crippen molar-refractivity contribution in [2.75, 3.05) is 0 Å². The molecular weight excluding hydrogens is 132 g/mol. The average molecular weight is 148 g/mol. The average Bonchev–Trinajstić information content (AvgIpc) is 1.89. The molecule has 3 heteroatoms. The van der Waals surface area contributed by atoms with Crippen LogP contribution in [0.4, 0.5) is 0 Å². The third-order valence-corrected chi connectivity index (χ3v) is 0.802. The summed E-state index contributed by atoms with van der Waals surface area (Å²) < 4.78 is 0. The normalized spacial score (nSPS) is 11.8. The van der Waals surface area contributed by atoms with Gasteiger partial charge in [0.2, 0.25) is 0 Å². The maximum absolute atomic E-state index is 8.36. The van der Waals surface area contributed by atoms with Crippen molar-refractivity contribution >= 4 is 0 Å². The summed E-state index contributed by atoms with van der Waals surface area (Å²) in [5, 5.41) is 24.0. The first kappa shape index (κ1) is 12.3. The third kappa shape index (κ3) is 25.5. The Morgan fingerprint density at radius 1 is 1.40 bits per heavy atom. The molecule has 3 nitrogen and oxygen atoms in total. The molecular formula is C7H16O3. The van der Waals surface area contributed by atoms with Crippen LogP contribution in [0.15, 0.2) is 12.7 Å². The van der Waals surface area contributed by atoms with Crippen LogP contribution in [-0.2, 0) is 0 Å². The molecule has 0 unspecified atom stereocenters. The molecule has 0 saturated carbocycles. The molecule has 0 aromatic carbocycles. The van der Waals surface area contributed by atoms with E-state index in [4.69, 9.17) is 15.3 Å². The Morgan fingerprint density at radius 2 is 1.60 bits per heavy atom. The predicted octanol–water partition coefficient (Wildman–Crippen LogP) is 0.260. The van der Waals surface area contributed by atoms with Crippen LogP contribution in [-0.4, -0.2) is 27.7 Å². The maximum Gasteiger partial charge on any atom is 0.170 e. The lowest BCUT2D eigenvalue weighted by atomic mass is 10.3. The molecule has 0 saturated heterocycles.